The van der Waals surface area contributed by atoms with Gasteiger partial charge in [0.25, 0.3) is 5.91 Å². The van der Waals surface area contributed by atoms with Crippen LogP contribution < -0.4 is 10.2 Å². The van der Waals surface area contributed by atoms with Gasteiger partial charge in [0.05, 0.1) is 17.6 Å². The van der Waals surface area contributed by atoms with Gasteiger partial charge in [-0.3, -0.25) is 14.3 Å². The summed E-state index contributed by atoms with van der Waals surface area (Å²) in [6.45, 7) is 10.6. The zero-order valence-electron chi connectivity index (χ0n) is 15.8. The Morgan fingerprint density at radius 2 is 1.96 bits per heavy atom. The number of nitrogens with zero attached hydrogens (tertiary/aromatic N) is 3. The SMILES string of the molecule is C=CC(=O)N(C)c1ccc(C(=O)Nc2cnn(CC(C)C)c2CC)cc1. The van der Waals surface area contributed by atoms with Gasteiger partial charge in [0, 0.05) is 24.8 Å². The summed E-state index contributed by atoms with van der Waals surface area (Å²) in [5.41, 5.74) is 2.97. The van der Waals surface area contributed by atoms with Gasteiger partial charge in [-0.2, -0.15) is 5.10 Å². The fourth-order valence-electron chi connectivity index (χ4n) is 2.69. The highest BCUT2D eigenvalue weighted by Gasteiger charge is 2.14. The van der Waals surface area contributed by atoms with Crippen molar-refractivity contribution in [3.63, 3.8) is 0 Å². The van der Waals surface area contributed by atoms with Crippen LogP contribution >= 0.6 is 0 Å². The molecule has 0 radical (unpaired) electrons. The van der Waals surface area contributed by atoms with Crippen molar-refractivity contribution in [2.45, 2.75) is 33.7 Å². The largest absolute Gasteiger partial charge is 0.319 e. The molecule has 26 heavy (non-hydrogen) atoms. The standard InChI is InChI=1S/C20H26N4O2/c1-6-18-17(12-21-24(18)13-14(3)4)22-20(26)15-8-10-16(11-9-15)23(5)19(25)7-2/h7-12,14H,2,6,13H2,1,3-5H3,(H,22,26). The van der Waals surface area contributed by atoms with E-state index in [4.69, 9.17) is 0 Å². The molecule has 2 rings (SSSR count). The molecule has 0 saturated carbocycles. The Bertz CT molecular complexity index is 791. The van der Waals surface area contributed by atoms with Crippen molar-refractivity contribution < 1.29 is 9.59 Å². The number of rotatable bonds is 7. The van der Waals surface area contributed by atoms with Crippen LogP contribution in [0.25, 0.3) is 0 Å². The predicted octanol–water partition coefficient (Wildman–Crippen LogP) is 3.50. The Kier molecular flexibility index (Phi) is 6.33. The van der Waals surface area contributed by atoms with E-state index in [1.807, 2.05) is 11.6 Å². The normalized spacial score (nSPS) is 10.7. The van der Waals surface area contributed by atoms with Crippen molar-refractivity contribution in [3.05, 3.63) is 54.4 Å². The summed E-state index contributed by atoms with van der Waals surface area (Å²) in [6.07, 6.45) is 3.74. The molecule has 138 valence electrons. The third kappa shape index (κ3) is 4.39. The second-order valence-corrected chi connectivity index (χ2v) is 6.54. The van der Waals surface area contributed by atoms with Gasteiger partial charge in [0.1, 0.15) is 0 Å². The number of anilines is 2. The van der Waals surface area contributed by atoms with Crippen LogP contribution in [0.3, 0.4) is 0 Å². The summed E-state index contributed by atoms with van der Waals surface area (Å²) in [6, 6.07) is 6.86. The van der Waals surface area contributed by atoms with E-state index in [-0.39, 0.29) is 11.8 Å². The molecular formula is C20H26N4O2. The van der Waals surface area contributed by atoms with E-state index in [0.29, 0.717) is 17.2 Å². The van der Waals surface area contributed by atoms with Crippen molar-refractivity contribution in [2.24, 2.45) is 5.92 Å². The molecule has 6 nitrogen and oxygen atoms in total. The number of likely N-dealkylation sites (N-methyl/N-ethyl adjacent to an activating group) is 1. The second-order valence-electron chi connectivity index (χ2n) is 6.54. The van der Waals surface area contributed by atoms with Crippen LogP contribution in [0, 0.1) is 5.92 Å². The van der Waals surface area contributed by atoms with E-state index in [0.717, 1.165) is 24.3 Å². The fourth-order valence-corrected chi connectivity index (χ4v) is 2.69. The van der Waals surface area contributed by atoms with Crippen LogP contribution in [0.1, 0.15) is 36.8 Å². The first-order valence-electron chi connectivity index (χ1n) is 8.73. The number of amides is 2. The Labute approximate surface area is 154 Å². The number of carbonyl (C=O) groups is 2. The zero-order chi connectivity index (χ0) is 19.3. The van der Waals surface area contributed by atoms with Crippen LogP contribution in [0.2, 0.25) is 0 Å². The van der Waals surface area contributed by atoms with Gasteiger partial charge >= 0.3 is 0 Å². The molecule has 0 aliphatic heterocycles. The molecule has 0 saturated heterocycles. The third-order valence-electron chi connectivity index (χ3n) is 4.09. The highest BCUT2D eigenvalue weighted by Crippen LogP contribution is 2.19. The molecule has 0 atom stereocenters. The maximum absolute atomic E-state index is 12.5. The van der Waals surface area contributed by atoms with Crippen LogP contribution in [0.4, 0.5) is 11.4 Å². The van der Waals surface area contributed by atoms with Gasteiger partial charge in [0.2, 0.25) is 5.91 Å². The molecule has 6 heteroatoms. The summed E-state index contributed by atoms with van der Waals surface area (Å²) < 4.78 is 1.94. The minimum Gasteiger partial charge on any atom is -0.319 e. The first kappa shape index (κ1) is 19.4. The Balaban J connectivity index is 2.14. The van der Waals surface area contributed by atoms with Gasteiger partial charge in [-0.05, 0) is 42.7 Å². The van der Waals surface area contributed by atoms with E-state index < -0.39 is 0 Å². The summed E-state index contributed by atoms with van der Waals surface area (Å²) in [5.74, 6) is 0.0759. The van der Waals surface area contributed by atoms with Gasteiger partial charge < -0.3 is 10.2 Å². The number of carbonyl (C=O) groups excluding carboxylic acids is 2. The molecule has 0 spiro atoms. The molecular weight excluding hydrogens is 328 g/mol. The molecule has 0 bridgehead atoms. The van der Waals surface area contributed by atoms with Crippen LogP contribution in [0.5, 0.6) is 0 Å². The predicted molar refractivity (Wildman–Crippen MR) is 104 cm³/mol. The first-order valence-corrected chi connectivity index (χ1v) is 8.73. The third-order valence-corrected chi connectivity index (χ3v) is 4.09. The molecule has 1 aromatic heterocycles. The Morgan fingerprint density at radius 3 is 2.50 bits per heavy atom. The van der Waals surface area contributed by atoms with Crippen molar-refractivity contribution in [2.75, 3.05) is 17.3 Å². The Hall–Kier alpha value is -2.89. The number of hydrogen-bond acceptors (Lipinski definition) is 3. The lowest BCUT2D eigenvalue weighted by atomic mass is 10.1. The van der Waals surface area contributed by atoms with Gasteiger partial charge in [-0.15, -0.1) is 0 Å². The highest BCUT2D eigenvalue weighted by atomic mass is 16.2. The monoisotopic (exact) mass is 354 g/mol. The zero-order valence-corrected chi connectivity index (χ0v) is 15.8. The Morgan fingerprint density at radius 1 is 1.31 bits per heavy atom. The van der Waals surface area contributed by atoms with E-state index in [2.05, 4.69) is 30.8 Å². The summed E-state index contributed by atoms with van der Waals surface area (Å²) in [4.78, 5) is 25.7. The van der Waals surface area contributed by atoms with E-state index in [1.165, 1.54) is 11.0 Å². The summed E-state index contributed by atoms with van der Waals surface area (Å²) in [5, 5.41) is 7.32. The molecule has 1 N–H and O–H groups in total. The quantitative estimate of drug-likeness (QED) is 0.774. The van der Waals surface area contributed by atoms with Gasteiger partial charge in [-0.1, -0.05) is 27.4 Å². The average Bonchev–Trinajstić information content (AvgIpc) is 3.00. The topological polar surface area (TPSA) is 67.2 Å². The minimum absolute atomic E-state index is 0.201. The number of aromatic nitrogens is 2. The van der Waals surface area contributed by atoms with Crippen molar-refractivity contribution in [3.8, 4) is 0 Å². The molecule has 2 amide bonds. The number of hydrogen-bond donors (Lipinski definition) is 1. The fraction of sp³-hybridized carbons (Fsp3) is 0.350. The molecule has 1 aromatic carbocycles. The lowest BCUT2D eigenvalue weighted by molar-refractivity contribution is -0.113. The minimum atomic E-state index is -0.202. The maximum atomic E-state index is 12.5. The van der Waals surface area contributed by atoms with Crippen LogP contribution in [0.15, 0.2) is 43.1 Å². The molecule has 2 aromatic rings. The van der Waals surface area contributed by atoms with Crippen LogP contribution in [-0.4, -0.2) is 28.6 Å². The van der Waals surface area contributed by atoms with E-state index in [9.17, 15) is 9.59 Å². The van der Waals surface area contributed by atoms with Crippen LogP contribution in [-0.2, 0) is 17.8 Å². The van der Waals surface area contributed by atoms with E-state index in [1.54, 1.807) is 37.5 Å². The van der Waals surface area contributed by atoms with Crippen molar-refractivity contribution in [1.82, 2.24) is 9.78 Å². The molecule has 0 fully saturated rings. The number of benzene rings is 1. The maximum Gasteiger partial charge on any atom is 0.255 e. The first-order chi connectivity index (χ1) is 12.4. The van der Waals surface area contributed by atoms with Crippen molar-refractivity contribution in [1.29, 1.82) is 0 Å². The smallest absolute Gasteiger partial charge is 0.255 e. The number of nitrogens with one attached hydrogen (secondary N) is 1. The molecule has 0 aliphatic carbocycles. The van der Waals surface area contributed by atoms with Gasteiger partial charge in [-0.25, -0.2) is 0 Å². The van der Waals surface area contributed by atoms with Crippen molar-refractivity contribution >= 4 is 23.2 Å². The second kappa shape index (κ2) is 8.47. The summed E-state index contributed by atoms with van der Waals surface area (Å²) >= 11 is 0. The molecule has 0 aliphatic rings. The lowest BCUT2D eigenvalue weighted by Crippen LogP contribution is -2.23. The molecule has 0 unspecified atom stereocenters. The lowest BCUT2D eigenvalue weighted by Gasteiger charge is -2.15. The average molecular weight is 354 g/mol. The molecule has 1 heterocycles. The van der Waals surface area contributed by atoms with Gasteiger partial charge in [0.15, 0.2) is 0 Å². The van der Waals surface area contributed by atoms with E-state index >= 15 is 0 Å². The highest BCUT2D eigenvalue weighted by molar-refractivity contribution is 6.05. The summed E-state index contributed by atoms with van der Waals surface area (Å²) in [7, 11) is 1.66.